The van der Waals surface area contributed by atoms with Crippen LogP contribution < -0.4 is 15.4 Å². The molecule has 17 nitrogen and oxygen atoms in total. The molecule has 0 saturated carbocycles. The molecule has 274 valence electrons. The van der Waals surface area contributed by atoms with E-state index in [0.717, 1.165) is 5.56 Å². The minimum absolute atomic E-state index is 0.0401. The molecule has 0 bridgehead atoms. The Labute approximate surface area is 285 Å². The molecule has 0 radical (unpaired) electrons. The number of hydrogen-bond acceptors (Lipinski definition) is 12. The van der Waals surface area contributed by atoms with Crippen molar-refractivity contribution in [2.45, 2.75) is 38.3 Å². The Kier molecular flexibility index (Phi) is 18.2. The van der Waals surface area contributed by atoms with Crippen molar-refractivity contribution >= 4 is 35.6 Å². The van der Waals surface area contributed by atoms with Crippen LogP contribution in [0.4, 0.5) is 0 Å². The van der Waals surface area contributed by atoms with Crippen molar-refractivity contribution in [1.82, 2.24) is 30.2 Å². The molecular formula is C32H50N6O11. The Morgan fingerprint density at radius 2 is 1.22 bits per heavy atom. The summed E-state index contributed by atoms with van der Waals surface area (Å²) in [5.41, 5.74) is 0.965. The predicted octanol–water partition coefficient (Wildman–Crippen LogP) is -1.39. The van der Waals surface area contributed by atoms with Gasteiger partial charge in [0, 0.05) is 58.8 Å². The lowest BCUT2D eigenvalue weighted by Gasteiger charge is -2.35. The first kappa shape index (κ1) is 41.0. The number of rotatable bonds is 19. The van der Waals surface area contributed by atoms with Gasteiger partial charge in [-0.05, 0) is 44.5 Å². The summed E-state index contributed by atoms with van der Waals surface area (Å²) in [5.74, 6) is -4.15. The highest BCUT2D eigenvalue weighted by Gasteiger charge is 2.28. The molecule has 1 amide bonds. The lowest BCUT2D eigenvalue weighted by atomic mass is 10.0. The largest absolute Gasteiger partial charge is 0.492 e. The van der Waals surface area contributed by atoms with E-state index in [9.17, 15) is 49.2 Å². The van der Waals surface area contributed by atoms with Crippen molar-refractivity contribution in [3.8, 4) is 5.75 Å². The van der Waals surface area contributed by atoms with E-state index in [1.54, 1.807) is 38.8 Å². The number of benzene rings is 1. The Morgan fingerprint density at radius 1 is 0.755 bits per heavy atom. The van der Waals surface area contributed by atoms with Gasteiger partial charge >= 0.3 is 23.9 Å². The highest BCUT2D eigenvalue weighted by molar-refractivity contribution is 5.81. The average Bonchev–Trinajstić information content (AvgIpc) is 3.02. The minimum atomic E-state index is -1.17. The standard InChI is InChI=1S/C32H50N6O11/c1-23(39)26(33-2)19-24-3-5-25(6-4-24)49-18-9-34-28(40)8-7-27(32(47)48)38-16-14-36(21-30(43)44)12-10-35(20-29(41)42)11-13-37(15-17-38)22-31(45)46/h3-6,26-27,33H,7-22H2,1-2H3,(H,34,40)(H,41,42)(H,43,44)(H,45,46)(H,47,48)/t26-,27?/m0/s1. The van der Waals surface area contributed by atoms with Gasteiger partial charge in [0.15, 0.2) is 0 Å². The number of carboxylic acids is 4. The molecule has 1 saturated heterocycles. The second-order valence-electron chi connectivity index (χ2n) is 11.9. The molecule has 1 aliphatic rings. The molecule has 1 aromatic rings. The SMILES string of the molecule is CN[C@@H](Cc1ccc(OCCNC(=O)CCC(C(=O)O)N2CCN(CC(=O)O)CCN(CC(=O)O)CCN(CC(=O)O)CC2)cc1)C(C)=O. The third kappa shape index (κ3) is 16.7. The maximum absolute atomic E-state index is 12.7. The molecule has 1 heterocycles. The van der Waals surface area contributed by atoms with Crippen molar-refractivity contribution in [1.29, 1.82) is 0 Å². The summed E-state index contributed by atoms with van der Waals surface area (Å²) < 4.78 is 5.69. The van der Waals surface area contributed by atoms with Gasteiger partial charge in [-0.15, -0.1) is 0 Å². The molecule has 2 rings (SSSR count). The van der Waals surface area contributed by atoms with Crippen molar-refractivity contribution in [2.24, 2.45) is 0 Å². The van der Waals surface area contributed by atoms with Crippen molar-refractivity contribution in [2.75, 3.05) is 92.2 Å². The summed E-state index contributed by atoms with van der Waals surface area (Å²) in [6, 6.07) is 5.91. The van der Waals surface area contributed by atoms with E-state index in [0.29, 0.717) is 12.2 Å². The first-order valence-corrected chi connectivity index (χ1v) is 16.2. The number of carbonyl (C=O) groups excluding carboxylic acids is 2. The van der Waals surface area contributed by atoms with E-state index >= 15 is 0 Å². The number of ketones is 1. The maximum atomic E-state index is 12.7. The number of aliphatic carboxylic acids is 4. The van der Waals surface area contributed by atoms with Crippen molar-refractivity contribution in [3.05, 3.63) is 29.8 Å². The minimum Gasteiger partial charge on any atom is -0.492 e. The normalized spacial score (nSPS) is 17.2. The van der Waals surface area contributed by atoms with Gasteiger partial charge in [-0.25, -0.2) is 0 Å². The first-order chi connectivity index (χ1) is 23.3. The van der Waals surface area contributed by atoms with Gasteiger partial charge in [-0.3, -0.25) is 48.4 Å². The number of hydrogen-bond donors (Lipinski definition) is 6. The second-order valence-corrected chi connectivity index (χ2v) is 11.9. The smallest absolute Gasteiger partial charge is 0.320 e. The summed E-state index contributed by atoms with van der Waals surface area (Å²) in [6.07, 6.45) is 0.403. The van der Waals surface area contributed by atoms with Crippen LogP contribution in [-0.4, -0.2) is 180 Å². The van der Waals surface area contributed by atoms with Crippen LogP contribution in [0.15, 0.2) is 24.3 Å². The van der Waals surface area contributed by atoms with E-state index in [1.807, 2.05) is 12.1 Å². The zero-order chi connectivity index (χ0) is 36.3. The van der Waals surface area contributed by atoms with Gasteiger partial charge in [-0.1, -0.05) is 12.1 Å². The summed E-state index contributed by atoms with van der Waals surface area (Å²) in [4.78, 5) is 77.6. The topological polar surface area (TPSA) is 230 Å². The molecule has 6 N–H and O–H groups in total. The monoisotopic (exact) mass is 694 g/mol. The molecule has 1 fully saturated rings. The Bertz CT molecular complexity index is 1220. The van der Waals surface area contributed by atoms with Crippen LogP contribution in [0.3, 0.4) is 0 Å². The number of Topliss-reactive ketones (excluding diaryl/α,β-unsaturated/α-hetero) is 1. The zero-order valence-corrected chi connectivity index (χ0v) is 28.2. The third-order valence-electron chi connectivity index (χ3n) is 8.21. The van der Waals surface area contributed by atoms with E-state index in [1.165, 1.54) is 6.92 Å². The van der Waals surface area contributed by atoms with Gasteiger partial charge < -0.3 is 35.8 Å². The molecule has 17 heteroatoms. The lowest BCUT2D eigenvalue weighted by molar-refractivity contribution is -0.145. The molecule has 49 heavy (non-hydrogen) atoms. The molecule has 1 aromatic carbocycles. The number of likely N-dealkylation sites (N-methyl/N-ethyl adjacent to an activating group) is 1. The molecule has 1 unspecified atom stereocenters. The molecular weight excluding hydrogens is 644 g/mol. The zero-order valence-electron chi connectivity index (χ0n) is 28.2. The average molecular weight is 695 g/mol. The summed E-state index contributed by atoms with van der Waals surface area (Å²) >= 11 is 0. The maximum Gasteiger partial charge on any atom is 0.320 e. The fourth-order valence-corrected chi connectivity index (χ4v) is 5.50. The number of ether oxygens (including phenoxy) is 1. The fraction of sp³-hybridized carbons (Fsp3) is 0.625. The van der Waals surface area contributed by atoms with Crippen molar-refractivity contribution < 1.29 is 53.9 Å². The van der Waals surface area contributed by atoms with Crippen molar-refractivity contribution in [3.63, 3.8) is 0 Å². The van der Waals surface area contributed by atoms with Gasteiger partial charge in [0.1, 0.15) is 24.2 Å². The van der Waals surface area contributed by atoms with Crippen LogP contribution in [0.25, 0.3) is 0 Å². The van der Waals surface area contributed by atoms with Crippen LogP contribution in [0.5, 0.6) is 5.75 Å². The van der Waals surface area contributed by atoms with E-state index in [4.69, 9.17) is 4.74 Å². The molecule has 0 aromatic heterocycles. The van der Waals surface area contributed by atoms with Gasteiger partial charge in [0.25, 0.3) is 0 Å². The molecule has 1 aliphatic heterocycles. The van der Waals surface area contributed by atoms with Crippen LogP contribution in [-0.2, 0) is 35.2 Å². The number of carbonyl (C=O) groups is 6. The summed E-state index contributed by atoms with van der Waals surface area (Å²) in [5, 5.41) is 44.0. The highest BCUT2D eigenvalue weighted by atomic mass is 16.5. The van der Waals surface area contributed by atoms with E-state index in [2.05, 4.69) is 10.6 Å². The fourth-order valence-electron chi connectivity index (χ4n) is 5.50. The third-order valence-corrected chi connectivity index (χ3v) is 8.21. The van der Waals surface area contributed by atoms with Gasteiger partial charge in [-0.2, -0.15) is 0 Å². The molecule has 2 atom stereocenters. The van der Waals surface area contributed by atoms with Crippen LogP contribution in [0, 0.1) is 0 Å². The Balaban J connectivity index is 1.99. The quantitative estimate of drug-likeness (QED) is 0.0916. The Hall–Kier alpha value is -4.16. The number of carboxylic acid groups (broad SMARTS) is 4. The van der Waals surface area contributed by atoms with Crippen LogP contribution in [0.2, 0.25) is 0 Å². The van der Waals surface area contributed by atoms with E-state index < -0.39 is 29.9 Å². The summed E-state index contributed by atoms with van der Waals surface area (Å²) in [7, 11) is 1.73. The summed E-state index contributed by atoms with van der Waals surface area (Å²) in [6.45, 7) is 2.35. The Morgan fingerprint density at radius 3 is 1.63 bits per heavy atom. The number of nitrogens with one attached hydrogen (secondary N) is 2. The van der Waals surface area contributed by atoms with E-state index in [-0.39, 0.29) is 116 Å². The number of nitrogens with zero attached hydrogens (tertiary/aromatic N) is 4. The first-order valence-electron chi connectivity index (χ1n) is 16.2. The second kappa shape index (κ2) is 21.7. The van der Waals surface area contributed by atoms with Crippen LogP contribution in [0.1, 0.15) is 25.3 Å². The van der Waals surface area contributed by atoms with Crippen LogP contribution >= 0.6 is 0 Å². The predicted molar refractivity (Wildman–Crippen MR) is 177 cm³/mol. The molecule has 0 spiro atoms. The van der Waals surface area contributed by atoms with Gasteiger partial charge in [0.2, 0.25) is 5.91 Å². The molecule has 0 aliphatic carbocycles. The highest BCUT2D eigenvalue weighted by Crippen LogP contribution is 2.14. The number of amides is 1. The van der Waals surface area contributed by atoms with Gasteiger partial charge in [0.05, 0.1) is 32.2 Å². The lowest BCUT2D eigenvalue weighted by Crippen LogP contribution is -2.52.